The van der Waals surface area contributed by atoms with Gasteiger partial charge in [-0.05, 0) is 37.5 Å². The number of halogens is 1. The smallest absolute Gasteiger partial charge is 0.229 e. The number of hydrogen-bond donors (Lipinski definition) is 0. The van der Waals surface area contributed by atoms with Crippen LogP contribution in [0.1, 0.15) is 29.1 Å². The fourth-order valence-corrected chi connectivity index (χ4v) is 3.44. The molecule has 3 nitrogen and oxygen atoms in total. The second kappa shape index (κ2) is 6.28. The lowest BCUT2D eigenvalue weighted by Crippen LogP contribution is -2.33. The normalized spacial score (nSPS) is 14.2. The van der Waals surface area contributed by atoms with E-state index in [-0.39, 0.29) is 5.91 Å². The largest absolute Gasteiger partial charge is 0.335 e. The molecule has 110 valence electrons. The van der Waals surface area contributed by atoms with Crippen molar-refractivity contribution in [2.24, 2.45) is 0 Å². The Balaban J connectivity index is 1.70. The van der Waals surface area contributed by atoms with Crippen LogP contribution in [0.5, 0.6) is 0 Å². The van der Waals surface area contributed by atoms with E-state index in [0.29, 0.717) is 19.0 Å². The zero-order chi connectivity index (χ0) is 14.8. The van der Waals surface area contributed by atoms with Crippen LogP contribution in [0.2, 0.25) is 0 Å². The zero-order valence-electron chi connectivity index (χ0n) is 11.9. The van der Waals surface area contributed by atoms with E-state index >= 15 is 0 Å². The Morgan fingerprint density at radius 3 is 2.90 bits per heavy atom. The first-order valence-electron chi connectivity index (χ1n) is 7.07. The quantitative estimate of drug-likeness (QED) is 0.804. The number of thiazole rings is 1. The van der Waals surface area contributed by atoms with Crippen LogP contribution in [0, 0.1) is 6.92 Å². The second-order valence-corrected chi connectivity index (χ2v) is 7.40. The van der Waals surface area contributed by atoms with Crippen molar-refractivity contribution in [2.45, 2.75) is 38.8 Å². The number of aryl methyl sites for hydroxylation is 1. The van der Waals surface area contributed by atoms with Crippen LogP contribution in [0.25, 0.3) is 0 Å². The first-order chi connectivity index (χ1) is 10.1. The third-order valence-corrected chi connectivity index (χ3v) is 4.86. The minimum atomic E-state index is 0.183. The summed E-state index contributed by atoms with van der Waals surface area (Å²) in [4.78, 5) is 19.0. The SMILES string of the molecule is Cc1nc(CC(=O)N(Cc2cccc(Br)c2)C2CC2)cs1. The van der Waals surface area contributed by atoms with Gasteiger partial charge >= 0.3 is 0 Å². The first-order valence-corrected chi connectivity index (χ1v) is 8.74. The number of carbonyl (C=O) groups excluding carboxylic acids is 1. The summed E-state index contributed by atoms with van der Waals surface area (Å²) in [6.07, 6.45) is 2.65. The van der Waals surface area contributed by atoms with E-state index in [1.807, 2.05) is 29.3 Å². The molecule has 1 aliphatic carbocycles. The number of hydrogen-bond acceptors (Lipinski definition) is 3. The van der Waals surface area contributed by atoms with Gasteiger partial charge < -0.3 is 4.90 Å². The van der Waals surface area contributed by atoms with Gasteiger partial charge in [-0.3, -0.25) is 4.79 Å². The summed E-state index contributed by atoms with van der Waals surface area (Å²) < 4.78 is 1.05. The molecule has 0 spiro atoms. The van der Waals surface area contributed by atoms with Gasteiger partial charge in [-0.2, -0.15) is 0 Å². The number of benzene rings is 1. The van der Waals surface area contributed by atoms with Gasteiger partial charge in [0.25, 0.3) is 0 Å². The monoisotopic (exact) mass is 364 g/mol. The van der Waals surface area contributed by atoms with Gasteiger partial charge in [0, 0.05) is 22.4 Å². The molecule has 0 radical (unpaired) electrons. The summed E-state index contributed by atoms with van der Waals surface area (Å²) in [5.74, 6) is 0.183. The van der Waals surface area contributed by atoms with Gasteiger partial charge in [0.15, 0.2) is 0 Å². The van der Waals surface area contributed by atoms with E-state index in [1.54, 1.807) is 11.3 Å². The van der Waals surface area contributed by atoms with Crippen molar-refractivity contribution < 1.29 is 4.79 Å². The Morgan fingerprint density at radius 1 is 1.48 bits per heavy atom. The summed E-state index contributed by atoms with van der Waals surface area (Å²) in [5.41, 5.74) is 2.06. The number of aromatic nitrogens is 1. The third kappa shape index (κ3) is 3.92. The minimum absolute atomic E-state index is 0.183. The fraction of sp³-hybridized carbons (Fsp3) is 0.375. The van der Waals surface area contributed by atoms with E-state index < -0.39 is 0 Å². The Hall–Kier alpha value is -1.20. The maximum Gasteiger partial charge on any atom is 0.229 e. The fourth-order valence-electron chi connectivity index (χ4n) is 2.39. The highest BCUT2D eigenvalue weighted by molar-refractivity contribution is 9.10. The van der Waals surface area contributed by atoms with Crippen LogP contribution in [-0.2, 0) is 17.8 Å². The molecule has 0 bridgehead atoms. The number of amides is 1. The van der Waals surface area contributed by atoms with Crippen LogP contribution in [0.15, 0.2) is 34.1 Å². The highest BCUT2D eigenvalue weighted by Gasteiger charge is 2.32. The molecule has 1 saturated carbocycles. The van der Waals surface area contributed by atoms with Crippen molar-refractivity contribution in [3.63, 3.8) is 0 Å². The standard InChI is InChI=1S/C16H17BrN2OS/c1-11-18-14(10-21-11)8-16(20)19(15-5-6-15)9-12-3-2-4-13(17)7-12/h2-4,7,10,15H,5-6,8-9H2,1H3. The molecule has 2 aromatic rings. The van der Waals surface area contributed by atoms with Gasteiger partial charge in [0.05, 0.1) is 17.1 Å². The molecule has 0 aliphatic heterocycles. The van der Waals surface area contributed by atoms with Crippen molar-refractivity contribution in [1.29, 1.82) is 0 Å². The minimum Gasteiger partial charge on any atom is -0.335 e. The highest BCUT2D eigenvalue weighted by Crippen LogP contribution is 2.29. The highest BCUT2D eigenvalue weighted by atomic mass is 79.9. The van der Waals surface area contributed by atoms with E-state index in [9.17, 15) is 4.79 Å². The maximum atomic E-state index is 12.6. The molecular formula is C16H17BrN2OS. The van der Waals surface area contributed by atoms with Gasteiger partial charge in [0.2, 0.25) is 5.91 Å². The first kappa shape index (κ1) is 14.7. The summed E-state index contributed by atoms with van der Waals surface area (Å²) in [7, 11) is 0. The Kier molecular flexibility index (Phi) is 4.40. The molecule has 1 amide bonds. The average molecular weight is 365 g/mol. The van der Waals surface area contributed by atoms with E-state index in [4.69, 9.17) is 0 Å². The van der Waals surface area contributed by atoms with Gasteiger partial charge in [-0.25, -0.2) is 4.98 Å². The van der Waals surface area contributed by atoms with E-state index in [1.165, 1.54) is 5.56 Å². The van der Waals surface area contributed by atoms with Crippen molar-refractivity contribution in [3.8, 4) is 0 Å². The molecule has 3 rings (SSSR count). The van der Waals surface area contributed by atoms with Crippen molar-refractivity contribution in [3.05, 3.63) is 50.4 Å². The molecule has 0 unspecified atom stereocenters. The predicted octanol–water partition coefficient (Wildman–Crippen LogP) is 3.95. The molecular weight excluding hydrogens is 348 g/mol. The van der Waals surface area contributed by atoms with Gasteiger partial charge in [-0.15, -0.1) is 11.3 Å². The summed E-state index contributed by atoms with van der Waals surface area (Å²) in [6, 6.07) is 8.58. The van der Waals surface area contributed by atoms with Crippen molar-refractivity contribution in [1.82, 2.24) is 9.88 Å². The lowest BCUT2D eigenvalue weighted by molar-refractivity contribution is -0.131. The van der Waals surface area contributed by atoms with Crippen molar-refractivity contribution >= 4 is 33.2 Å². The Labute approximate surface area is 137 Å². The number of carbonyl (C=O) groups is 1. The van der Waals surface area contributed by atoms with Crippen LogP contribution >= 0.6 is 27.3 Å². The lowest BCUT2D eigenvalue weighted by atomic mass is 10.2. The molecule has 1 aliphatic rings. The number of rotatable bonds is 5. The molecule has 0 N–H and O–H groups in total. The van der Waals surface area contributed by atoms with Crippen molar-refractivity contribution in [2.75, 3.05) is 0 Å². The average Bonchev–Trinajstić information content (AvgIpc) is 3.20. The van der Waals surface area contributed by atoms with E-state index in [0.717, 1.165) is 28.0 Å². The molecule has 0 saturated heterocycles. The Morgan fingerprint density at radius 2 is 2.29 bits per heavy atom. The molecule has 0 atom stereocenters. The van der Waals surface area contributed by atoms with E-state index in [2.05, 4.69) is 33.0 Å². The van der Waals surface area contributed by atoms with Crippen LogP contribution in [0.3, 0.4) is 0 Å². The topological polar surface area (TPSA) is 33.2 Å². The Bertz CT molecular complexity index is 651. The summed E-state index contributed by atoms with van der Waals surface area (Å²) in [6.45, 7) is 2.66. The predicted molar refractivity (Wildman–Crippen MR) is 88.3 cm³/mol. The molecule has 1 fully saturated rings. The molecule has 5 heteroatoms. The molecule has 1 heterocycles. The zero-order valence-corrected chi connectivity index (χ0v) is 14.3. The van der Waals surface area contributed by atoms with Gasteiger partial charge in [-0.1, -0.05) is 28.1 Å². The van der Waals surface area contributed by atoms with Gasteiger partial charge in [0.1, 0.15) is 0 Å². The second-order valence-electron chi connectivity index (χ2n) is 5.42. The number of nitrogens with zero attached hydrogens (tertiary/aromatic N) is 2. The molecule has 1 aromatic carbocycles. The lowest BCUT2D eigenvalue weighted by Gasteiger charge is -2.22. The summed E-state index contributed by atoms with van der Waals surface area (Å²) in [5, 5.41) is 3.00. The summed E-state index contributed by atoms with van der Waals surface area (Å²) >= 11 is 5.09. The van der Waals surface area contributed by atoms with Crippen LogP contribution in [0.4, 0.5) is 0 Å². The van der Waals surface area contributed by atoms with Crippen LogP contribution in [-0.4, -0.2) is 21.8 Å². The third-order valence-electron chi connectivity index (χ3n) is 3.55. The molecule has 1 aromatic heterocycles. The van der Waals surface area contributed by atoms with Crippen LogP contribution < -0.4 is 0 Å². The maximum absolute atomic E-state index is 12.6. The molecule has 21 heavy (non-hydrogen) atoms.